The molecule has 1 saturated heterocycles. The zero-order valence-corrected chi connectivity index (χ0v) is 9.48. The Labute approximate surface area is 83.8 Å². The molecule has 0 aromatic carbocycles. The number of thioether (sulfide) groups is 1. The van der Waals surface area contributed by atoms with Crippen LogP contribution in [0, 0.1) is 0 Å². The molecule has 1 aliphatic heterocycles. The Morgan fingerprint density at radius 1 is 1.54 bits per heavy atom. The quantitative estimate of drug-likeness (QED) is 0.655. The minimum atomic E-state index is -0.379. The van der Waals surface area contributed by atoms with Gasteiger partial charge in [-0.05, 0) is 33.4 Å². The van der Waals surface area contributed by atoms with Gasteiger partial charge in [-0.15, -0.1) is 11.8 Å². The number of amides is 1. The van der Waals surface area contributed by atoms with Crippen molar-refractivity contribution in [3.8, 4) is 0 Å². The van der Waals surface area contributed by atoms with Crippen molar-refractivity contribution in [1.29, 1.82) is 0 Å². The Morgan fingerprint density at radius 2 is 2.15 bits per heavy atom. The SMILES string of the molecule is CSC1CCN1C(=O)OC(C)(C)C. The topological polar surface area (TPSA) is 29.5 Å². The van der Waals surface area contributed by atoms with Crippen LogP contribution in [-0.4, -0.2) is 34.8 Å². The van der Waals surface area contributed by atoms with Gasteiger partial charge in [0.25, 0.3) is 0 Å². The maximum absolute atomic E-state index is 11.5. The summed E-state index contributed by atoms with van der Waals surface area (Å²) in [5.41, 5.74) is -0.379. The first kappa shape index (κ1) is 10.7. The van der Waals surface area contributed by atoms with E-state index in [4.69, 9.17) is 4.74 Å². The molecule has 1 unspecified atom stereocenters. The Morgan fingerprint density at radius 3 is 2.46 bits per heavy atom. The fourth-order valence-corrected chi connectivity index (χ4v) is 1.93. The summed E-state index contributed by atoms with van der Waals surface area (Å²) in [4.78, 5) is 13.3. The summed E-state index contributed by atoms with van der Waals surface area (Å²) < 4.78 is 5.25. The monoisotopic (exact) mass is 203 g/mol. The second-order valence-corrected chi connectivity index (χ2v) is 5.17. The van der Waals surface area contributed by atoms with E-state index in [-0.39, 0.29) is 11.7 Å². The van der Waals surface area contributed by atoms with E-state index in [0.29, 0.717) is 5.37 Å². The summed E-state index contributed by atoms with van der Waals surface area (Å²) >= 11 is 1.70. The van der Waals surface area contributed by atoms with Crippen LogP contribution in [0.25, 0.3) is 0 Å². The fraction of sp³-hybridized carbons (Fsp3) is 0.889. The number of rotatable bonds is 1. The number of hydrogen-bond acceptors (Lipinski definition) is 3. The lowest BCUT2D eigenvalue weighted by Gasteiger charge is -2.40. The van der Waals surface area contributed by atoms with Crippen molar-refractivity contribution in [2.45, 2.75) is 38.2 Å². The Hall–Kier alpha value is -0.380. The minimum absolute atomic E-state index is 0.182. The molecule has 1 rings (SSSR count). The van der Waals surface area contributed by atoms with Crippen molar-refractivity contribution in [3.63, 3.8) is 0 Å². The summed E-state index contributed by atoms with van der Waals surface area (Å²) in [6.07, 6.45) is 2.92. The van der Waals surface area contributed by atoms with Gasteiger partial charge in [-0.1, -0.05) is 0 Å². The minimum Gasteiger partial charge on any atom is -0.444 e. The summed E-state index contributed by atoms with van der Waals surface area (Å²) in [6, 6.07) is 0. The second kappa shape index (κ2) is 3.78. The molecule has 0 saturated carbocycles. The van der Waals surface area contributed by atoms with E-state index in [9.17, 15) is 4.79 Å². The van der Waals surface area contributed by atoms with Crippen molar-refractivity contribution in [2.24, 2.45) is 0 Å². The second-order valence-electron chi connectivity index (χ2n) is 4.15. The number of carbonyl (C=O) groups is 1. The van der Waals surface area contributed by atoms with E-state index in [1.54, 1.807) is 16.7 Å². The summed E-state index contributed by atoms with van der Waals surface area (Å²) in [6.45, 7) is 6.50. The molecule has 1 aliphatic rings. The maximum Gasteiger partial charge on any atom is 0.411 e. The highest BCUT2D eigenvalue weighted by molar-refractivity contribution is 7.99. The van der Waals surface area contributed by atoms with E-state index in [1.165, 1.54) is 0 Å². The third-order valence-corrected chi connectivity index (χ3v) is 2.90. The Balaban J connectivity index is 2.40. The van der Waals surface area contributed by atoms with Gasteiger partial charge in [0.1, 0.15) is 5.60 Å². The molecule has 1 heterocycles. The van der Waals surface area contributed by atoms with Gasteiger partial charge < -0.3 is 4.74 Å². The lowest BCUT2D eigenvalue weighted by atomic mass is 10.2. The lowest BCUT2D eigenvalue weighted by molar-refractivity contribution is 0.00856. The molecule has 1 fully saturated rings. The van der Waals surface area contributed by atoms with Crippen LogP contribution in [0.5, 0.6) is 0 Å². The molecule has 76 valence electrons. The zero-order chi connectivity index (χ0) is 10.1. The average molecular weight is 203 g/mol. The standard InChI is InChI=1S/C9H17NO2S/c1-9(2,3)12-8(11)10-6-5-7(10)13-4/h7H,5-6H2,1-4H3. The van der Waals surface area contributed by atoms with E-state index in [2.05, 4.69) is 0 Å². The van der Waals surface area contributed by atoms with Gasteiger partial charge >= 0.3 is 6.09 Å². The lowest BCUT2D eigenvalue weighted by Crippen LogP contribution is -2.50. The van der Waals surface area contributed by atoms with Gasteiger partial charge in [-0.25, -0.2) is 4.79 Å². The highest BCUT2D eigenvalue weighted by Crippen LogP contribution is 2.27. The highest BCUT2D eigenvalue weighted by atomic mass is 32.2. The van der Waals surface area contributed by atoms with Crippen LogP contribution in [0.1, 0.15) is 27.2 Å². The molecule has 0 spiro atoms. The van der Waals surface area contributed by atoms with Crippen LogP contribution in [0.15, 0.2) is 0 Å². The molecule has 0 aromatic rings. The molecule has 0 aliphatic carbocycles. The number of hydrogen-bond donors (Lipinski definition) is 0. The number of likely N-dealkylation sites (tertiary alicyclic amines) is 1. The van der Waals surface area contributed by atoms with Crippen molar-refractivity contribution in [1.82, 2.24) is 4.90 Å². The van der Waals surface area contributed by atoms with Crippen LogP contribution in [0.2, 0.25) is 0 Å². The molecular weight excluding hydrogens is 186 g/mol. The first-order valence-corrected chi connectivity index (χ1v) is 5.75. The van der Waals surface area contributed by atoms with Crippen molar-refractivity contribution in [2.75, 3.05) is 12.8 Å². The molecule has 0 bridgehead atoms. The van der Waals surface area contributed by atoms with Crippen LogP contribution in [0.4, 0.5) is 4.79 Å². The van der Waals surface area contributed by atoms with Crippen LogP contribution in [0.3, 0.4) is 0 Å². The number of carbonyl (C=O) groups excluding carboxylic acids is 1. The van der Waals surface area contributed by atoms with Crippen molar-refractivity contribution < 1.29 is 9.53 Å². The van der Waals surface area contributed by atoms with Gasteiger partial charge in [0, 0.05) is 6.54 Å². The number of ether oxygens (including phenoxy) is 1. The maximum atomic E-state index is 11.5. The predicted octanol–water partition coefficient (Wildman–Crippen LogP) is 2.32. The van der Waals surface area contributed by atoms with Crippen LogP contribution in [-0.2, 0) is 4.74 Å². The molecule has 1 atom stereocenters. The summed E-state index contributed by atoms with van der Waals surface area (Å²) in [7, 11) is 0. The largest absolute Gasteiger partial charge is 0.444 e. The van der Waals surface area contributed by atoms with Gasteiger partial charge in [-0.2, -0.15) is 0 Å². The average Bonchev–Trinajstić information content (AvgIpc) is 1.80. The van der Waals surface area contributed by atoms with Crippen molar-refractivity contribution in [3.05, 3.63) is 0 Å². The van der Waals surface area contributed by atoms with E-state index in [1.807, 2.05) is 27.0 Å². The van der Waals surface area contributed by atoms with Crippen molar-refractivity contribution >= 4 is 17.9 Å². The molecule has 0 N–H and O–H groups in total. The molecular formula is C9H17NO2S. The molecule has 1 amide bonds. The molecule has 3 nitrogen and oxygen atoms in total. The van der Waals surface area contributed by atoms with Gasteiger partial charge in [0.2, 0.25) is 0 Å². The first-order valence-electron chi connectivity index (χ1n) is 4.46. The van der Waals surface area contributed by atoms with E-state index < -0.39 is 0 Å². The van der Waals surface area contributed by atoms with Crippen LogP contribution < -0.4 is 0 Å². The predicted molar refractivity (Wildman–Crippen MR) is 54.9 cm³/mol. The third kappa shape index (κ3) is 2.79. The fourth-order valence-electron chi connectivity index (χ4n) is 1.14. The first-order chi connectivity index (χ1) is 5.94. The van der Waals surface area contributed by atoms with Gasteiger partial charge in [0.15, 0.2) is 0 Å². The summed E-state index contributed by atoms with van der Waals surface area (Å²) in [5, 5.41) is 0.329. The smallest absolute Gasteiger partial charge is 0.411 e. The normalized spacial score (nSPS) is 22.5. The third-order valence-electron chi connectivity index (χ3n) is 1.86. The van der Waals surface area contributed by atoms with E-state index >= 15 is 0 Å². The molecule has 4 heteroatoms. The Kier molecular flexibility index (Phi) is 3.11. The van der Waals surface area contributed by atoms with Gasteiger partial charge in [0.05, 0.1) is 5.37 Å². The zero-order valence-electron chi connectivity index (χ0n) is 8.66. The molecule has 13 heavy (non-hydrogen) atoms. The van der Waals surface area contributed by atoms with E-state index in [0.717, 1.165) is 13.0 Å². The van der Waals surface area contributed by atoms with Gasteiger partial charge in [-0.3, -0.25) is 4.90 Å². The van der Waals surface area contributed by atoms with Crippen LogP contribution >= 0.6 is 11.8 Å². The number of nitrogens with zero attached hydrogens (tertiary/aromatic N) is 1. The molecule has 0 radical (unpaired) electrons. The Bertz CT molecular complexity index is 198. The summed E-state index contributed by atoms with van der Waals surface area (Å²) in [5.74, 6) is 0. The highest BCUT2D eigenvalue weighted by Gasteiger charge is 2.34. The molecule has 0 aromatic heterocycles.